The fourth-order valence-corrected chi connectivity index (χ4v) is 3.62. The Labute approximate surface area is 161 Å². The van der Waals surface area contributed by atoms with Crippen molar-refractivity contribution in [2.75, 3.05) is 12.4 Å². The topological polar surface area (TPSA) is 68.0 Å². The predicted molar refractivity (Wildman–Crippen MR) is 98.1 cm³/mol. The molecular formula is C18H25F3N6O. The number of aromatic nitrogens is 4. The fourth-order valence-electron chi connectivity index (χ4n) is 3.62. The van der Waals surface area contributed by atoms with Crippen molar-refractivity contribution < 1.29 is 18.0 Å². The van der Waals surface area contributed by atoms with Crippen LogP contribution in [0.15, 0.2) is 6.20 Å². The standard InChI is InChI=1S/C18H25F3N6O/c1-6-12-7-15(18(19,20)21)27-16(23-12)13(8-22-27)17(28)25(4)9-14-10(2)24-26(5)11(14)3/h8,12,15,23H,6-7,9H2,1-5H3/t12-,15-/m0/s1. The molecular weight excluding hydrogens is 373 g/mol. The van der Waals surface area contributed by atoms with E-state index in [4.69, 9.17) is 0 Å². The van der Waals surface area contributed by atoms with Gasteiger partial charge in [-0.2, -0.15) is 23.4 Å². The van der Waals surface area contributed by atoms with E-state index in [1.807, 2.05) is 27.8 Å². The van der Waals surface area contributed by atoms with Gasteiger partial charge in [0.2, 0.25) is 0 Å². The minimum Gasteiger partial charge on any atom is -0.367 e. The summed E-state index contributed by atoms with van der Waals surface area (Å²) < 4.78 is 43.1. The van der Waals surface area contributed by atoms with Gasteiger partial charge >= 0.3 is 6.18 Å². The Bertz CT molecular complexity index is 885. The Balaban J connectivity index is 1.90. The largest absolute Gasteiger partial charge is 0.410 e. The highest BCUT2D eigenvalue weighted by atomic mass is 19.4. The number of nitrogens with one attached hydrogen (secondary N) is 1. The van der Waals surface area contributed by atoms with E-state index in [1.165, 1.54) is 11.1 Å². The molecule has 0 unspecified atom stereocenters. The van der Waals surface area contributed by atoms with Crippen LogP contribution in [-0.4, -0.2) is 49.6 Å². The molecule has 1 amide bonds. The summed E-state index contributed by atoms with van der Waals surface area (Å²) in [4.78, 5) is 14.5. The molecule has 0 saturated carbocycles. The molecule has 154 valence electrons. The molecule has 2 atom stereocenters. The van der Waals surface area contributed by atoms with Crippen LogP contribution in [0.2, 0.25) is 0 Å². The van der Waals surface area contributed by atoms with E-state index in [1.54, 1.807) is 11.7 Å². The SMILES string of the molecule is CC[C@H]1C[C@@H](C(F)(F)F)n2ncc(C(=O)N(C)Cc3c(C)nn(C)c3C)c2N1. The molecule has 0 saturated heterocycles. The summed E-state index contributed by atoms with van der Waals surface area (Å²) in [7, 11) is 3.45. The lowest BCUT2D eigenvalue weighted by Gasteiger charge is -2.33. The van der Waals surface area contributed by atoms with Gasteiger partial charge in [-0.1, -0.05) is 6.92 Å². The minimum atomic E-state index is -4.42. The molecule has 2 aromatic rings. The third-order valence-corrected chi connectivity index (χ3v) is 5.44. The second-order valence-corrected chi connectivity index (χ2v) is 7.33. The van der Waals surface area contributed by atoms with Crippen molar-refractivity contribution >= 4 is 11.7 Å². The maximum Gasteiger partial charge on any atom is 0.410 e. The summed E-state index contributed by atoms with van der Waals surface area (Å²) in [6.45, 7) is 5.91. The Morgan fingerprint density at radius 1 is 1.39 bits per heavy atom. The Morgan fingerprint density at radius 2 is 2.07 bits per heavy atom. The highest BCUT2D eigenvalue weighted by molar-refractivity contribution is 5.98. The van der Waals surface area contributed by atoms with Crippen molar-refractivity contribution in [2.45, 2.75) is 58.4 Å². The van der Waals surface area contributed by atoms with Crippen molar-refractivity contribution in [2.24, 2.45) is 7.05 Å². The van der Waals surface area contributed by atoms with Gasteiger partial charge in [-0.05, 0) is 26.7 Å². The fraction of sp³-hybridized carbons (Fsp3) is 0.611. The smallest absolute Gasteiger partial charge is 0.367 e. The number of hydrogen-bond donors (Lipinski definition) is 1. The van der Waals surface area contributed by atoms with E-state index >= 15 is 0 Å². The van der Waals surface area contributed by atoms with Crippen molar-refractivity contribution in [1.29, 1.82) is 0 Å². The summed E-state index contributed by atoms with van der Waals surface area (Å²) >= 11 is 0. The second-order valence-electron chi connectivity index (χ2n) is 7.33. The number of anilines is 1. The van der Waals surface area contributed by atoms with Gasteiger partial charge in [0.1, 0.15) is 11.4 Å². The number of fused-ring (bicyclic) bond motifs is 1. The van der Waals surface area contributed by atoms with Crippen LogP contribution in [0, 0.1) is 13.8 Å². The number of carbonyl (C=O) groups is 1. The molecule has 0 bridgehead atoms. The van der Waals surface area contributed by atoms with Gasteiger partial charge < -0.3 is 10.2 Å². The summed E-state index contributed by atoms with van der Waals surface area (Å²) in [6.07, 6.45) is -2.78. The first-order chi connectivity index (χ1) is 13.0. The molecule has 1 aliphatic heterocycles. The summed E-state index contributed by atoms with van der Waals surface area (Å²) in [5, 5.41) is 11.3. The van der Waals surface area contributed by atoms with Crippen molar-refractivity contribution in [3.05, 3.63) is 28.7 Å². The molecule has 3 rings (SSSR count). The van der Waals surface area contributed by atoms with E-state index in [0.717, 1.165) is 21.6 Å². The lowest BCUT2D eigenvalue weighted by atomic mass is 10.0. The summed E-state index contributed by atoms with van der Waals surface area (Å²) in [6, 6.07) is -2.10. The van der Waals surface area contributed by atoms with Gasteiger partial charge in [0.15, 0.2) is 6.04 Å². The third kappa shape index (κ3) is 3.47. The Morgan fingerprint density at radius 3 is 2.61 bits per heavy atom. The maximum atomic E-state index is 13.5. The van der Waals surface area contributed by atoms with E-state index < -0.39 is 12.2 Å². The quantitative estimate of drug-likeness (QED) is 0.859. The summed E-state index contributed by atoms with van der Waals surface area (Å²) in [5.41, 5.74) is 2.83. The first-order valence-corrected chi connectivity index (χ1v) is 9.19. The zero-order valence-electron chi connectivity index (χ0n) is 16.6. The van der Waals surface area contributed by atoms with E-state index in [2.05, 4.69) is 15.5 Å². The van der Waals surface area contributed by atoms with Crippen LogP contribution in [0.25, 0.3) is 0 Å². The van der Waals surface area contributed by atoms with Gasteiger partial charge in [-0.15, -0.1) is 0 Å². The first-order valence-electron chi connectivity index (χ1n) is 9.19. The maximum absolute atomic E-state index is 13.5. The normalized spacial score (nSPS) is 19.3. The molecule has 0 aromatic carbocycles. The predicted octanol–water partition coefficient (Wildman–Crippen LogP) is 3.20. The van der Waals surface area contributed by atoms with Crippen molar-refractivity contribution in [1.82, 2.24) is 24.5 Å². The monoisotopic (exact) mass is 398 g/mol. The average Bonchev–Trinajstić information content (AvgIpc) is 3.15. The van der Waals surface area contributed by atoms with Crippen LogP contribution >= 0.6 is 0 Å². The lowest BCUT2D eigenvalue weighted by Crippen LogP contribution is -2.39. The highest BCUT2D eigenvalue weighted by Gasteiger charge is 2.46. The first kappa shape index (κ1) is 20.2. The molecule has 1 aliphatic rings. The number of hydrogen-bond acceptors (Lipinski definition) is 4. The molecule has 1 N–H and O–H groups in total. The third-order valence-electron chi connectivity index (χ3n) is 5.44. The van der Waals surface area contributed by atoms with Gasteiger partial charge in [0.05, 0.1) is 11.9 Å². The van der Waals surface area contributed by atoms with Gasteiger partial charge in [-0.25, -0.2) is 4.68 Å². The lowest BCUT2D eigenvalue weighted by molar-refractivity contribution is -0.173. The molecule has 0 aliphatic carbocycles. The number of carbonyl (C=O) groups excluding carboxylic acids is 1. The molecule has 3 heterocycles. The van der Waals surface area contributed by atoms with Crippen LogP contribution < -0.4 is 5.32 Å². The number of rotatable bonds is 4. The van der Waals surface area contributed by atoms with Crippen molar-refractivity contribution in [3.8, 4) is 0 Å². The molecule has 28 heavy (non-hydrogen) atoms. The zero-order valence-corrected chi connectivity index (χ0v) is 16.6. The minimum absolute atomic E-state index is 0.105. The van der Waals surface area contributed by atoms with Crippen molar-refractivity contribution in [3.63, 3.8) is 0 Å². The van der Waals surface area contributed by atoms with Crippen LogP contribution in [0.5, 0.6) is 0 Å². The van der Waals surface area contributed by atoms with Gasteiger partial charge in [0, 0.05) is 37.9 Å². The molecule has 0 radical (unpaired) electrons. The number of nitrogens with zero attached hydrogens (tertiary/aromatic N) is 5. The van der Waals surface area contributed by atoms with Crippen LogP contribution in [0.4, 0.5) is 19.0 Å². The Hall–Kier alpha value is -2.52. The second kappa shape index (κ2) is 7.14. The molecule has 10 heteroatoms. The van der Waals surface area contributed by atoms with E-state index in [-0.39, 0.29) is 29.8 Å². The molecule has 0 spiro atoms. The van der Waals surface area contributed by atoms with E-state index in [9.17, 15) is 18.0 Å². The average molecular weight is 398 g/mol. The number of amides is 1. The zero-order chi connectivity index (χ0) is 20.8. The number of halogens is 3. The molecule has 2 aromatic heterocycles. The van der Waals surface area contributed by atoms with Crippen LogP contribution in [0.3, 0.4) is 0 Å². The van der Waals surface area contributed by atoms with Gasteiger partial charge in [0.25, 0.3) is 5.91 Å². The molecule has 0 fully saturated rings. The number of aryl methyl sites for hydroxylation is 2. The van der Waals surface area contributed by atoms with Gasteiger partial charge in [-0.3, -0.25) is 9.48 Å². The highest BCUT2D eigenvalue weighted by Crippen LogP contribution is 2.40. The Kier molecular flexibility index (Phi) is 5.16. The van der Waals surface area contributed by atoms with Crippen LogP contribution in [0.1, 0.15) is 53.1 Å². The van der Waals surface area contributed by atoms with Crippen LogP contribution in [-0.2, 0) is 13.6 Å². The number of alkyl halides is 3. The van der Waals surface area contributed by atoms with E-state index in [0.29, 0.717) is 13.0 Å². The molecule has 7 nitrogen and oxygen atoms in total. The summed E-state index contributed by atoms with van der Waals surface area (Å²) in [5.74, 6) is -0.244.